The van der Waals surface area contributed by atoms with Crippen LogP contribution in [0.15, 0.2) is 36.4 Å². The van der Waals surface area contributed by atoms with Gasteiger partial charge >= 0.3 is 0 Å². The highest BCUT2D eigenvalue weighted by atomic mass is 35.5. The third-order valence-electron chi connectivity index (χ3n) is 3.10. The molecule has 0 spiro atoms. The van der Waals surface area contributed by atoms with Crippen molar-refractivity contribution in [1.82, 2.24) is 0 Å². The summed E-state index contributed by atoms with van der Waals surface area (Å²) in [6, 6.07) is 11.8. The quantitative estimate of drug-likeness (QED) is 0.798. The van der Waals surface area contributed by atoms with E-state index in [1.807, 2.05) is 36.4 Å². The van der Waals surface area contributed by atoms with Crippen molar-refractivity contribution in [2.24, 2.45) is 0 Å². The lowest BCUT2D eigenvalue weighted by molar-refractivity contribution is 0.174. The molecule has 0 saturated carbocycles. The van der Waals surface area contributed by atoms with Gasteiger partial charge < -0.3 is 14.2 Å². The zero-order valence-electron chi connectivity index (χ0n) is 10.5. The predicted molar refractivity (Wildman–Crippen MR) is 74.1 cm³/mol. The van der Waals surface area contributed by atoms with Crippen LogP contribution < -0.4 is 14.2 Å². The molecular formula is C15H13ClO3. The fraction of sp³-hybridized carbons (Fsp3) is 0.200. The number of rotatable bonds is 3. The standard InChI is InChI=1S/C15H13ClO3/c1-17-13-4-2-10(8-16)6-12(13)11-3-5-14-15(7-11)19-9-18-14/h2-7H,8-9H2,1H3. The number of methoxy groups -OCH3 is 1. The van der Waals surface area contributed by atoms with Gasteiger partial charge in [-0.25, -0.2) is 0 Å². The Morgan fingerprint density at radius 2 is 1.95 bits per heavy atom. The molecular weight excluding hydrogens is 264 g/mol. The fourth-order valence-electron chi connectivity index (χ4n) is 2.13. The molecule has 1 aliphatic rings. The van der Waals surface area contributed by atoms with Gasteiger partial charge in [-0.1, -0.05) is 12.1 Å². The van der Waals surface area contributed by atoms with Gasteiger partial charge in [-0.2, -0.15) is 0 Å². The molecule has 1 aliphatic heterocycles. The number of ether oxygens (including phenoxy) is 3. The summed E-state index contributed by atoms with van der Waals surface area (Å²) >= 11 is 5.89. The van der Waals surface area contributed by atoms with E-state index in [2.05, 4.69) is 0 Å². The molecule has 0 saturated heterocycles. The smallest absolute Gasteiger partial charge is 0.231 e. The summed E-state index contributed by atoms with van der Waals surface area (Å²) in [5.41, 5.74) is 3.07. The first kappa shape index (κ1) is 12.2. The van der Waals surface area contributed by atoms with Crippen molar-refractivity contribution < 1.29 is 14.2 Å². The molecule has 3 nitrogen and oxygen atoms in total. The minimum absolute atomic E-state index is 0.275. The first-order valence-electron chi connectivity index (χ1n) is 5.94. The van der Waals surface area contributed by atoms with E-state index in [1.165, 1.54) is 0 Å². The first-order valence-corrected chi connectivity index (χ1v) is 6.48. The lowest BCUT2D eigenvalue weighted by Gasteiger charge is -2.10. The van der Waals surface area contributed by atoms with Gasteiger partial charge in [-0.15, -0.1) is 11.6 Å². The van der Waals surface area contributed by atoms with Crippen molar-refractivity contribution in [2.75, 3.05) is 13.9 Å². The summed E-state index contributed by atoms with van der Waals surface area (Å²) < 4.78 is 16.1. The van der Waals surface area contributed by atoms with Gasteiger partial charge in [-0.05, 0) is 35.4 Å². The van der Waals surface area contributed by atoms with Crippen molar-refractivity contribution in [3.8, 4) is 28.4 Å². The Labute approximate surface area is 116 Å². The summed E-state index contributed by atoms with van der Waals surface area (Å²) in [4.78, 5) is 0. The van der Waals surface area contributed by atoms with Crippen molar-refractivity contribution in [3.05, 3.63) is 42.0 Å². The Kier molecular flexibility index (Phi) is 3.22. The van der Waals surface area contributed by atoms with E-state index in [0.717, 1.165) is 33.9 Å². The monoisotopic (exact) mass is 276 g/mol. The Morgan fingerprint density at radius 1 is 1.11 bits per heavy atom. The van der Waals surface area contributed by atoms with E-state index in [0.29, 0.717) is 5.88 Å². The van der Waals surface area contributed by atoms with Crippen LogP contribution in [0, 0.1) is 0 Å². The minimum atomic E-state index is 0.275. The maximum absolute atomic E-state index is 5.89. The lowest BCUT2D eigenvalue weighted by atomic mass is 10.0. The number of hydrogen-bond acceptors (Lipinski definition) is 3. The van der Waals surface area contributed by atoms with E-state index in [9.17, 15) is 0 Å². The van der Waals surface area contributed by atoms with Gasteiger partial charge in [0, 0.05) is 11.4 Å². The topological polar surface area (TPSA) is 27.7 Å². The second-order valence-corrected chi connectivity index (χ2v) is 4.50. The molecule has 0 aromatic heterocycles. The summed E-state index contributed by atoms with van der Waals surface area (Å²) in [6.07, 6.45) is 0. The van der Waals surface area contributed by atoms with E-state index in [4.69, 9.17) is 25.8 Å². The molecule has 0 bridgehead atoms. The third kappa shape index (κ3) is 2.22. The molecule has 2 aromatic carbocycles. The average Bonchev–Trinajstić information content (AvgIpc) is 2.93. The van der Waals surface area contributed by atoms with Gasteiger partial charge in [0.15, 0.2) is 11.5 Å². The van der Waals surface area contributed by atoms with Crippen LogP contribution in [-0.4, -0.2) is 13.9 Å². The molecule has 0 aliphatic carbocycles. The molecule has 98 valence electrons. The summed E-state index contributed by atoms with van der Waals surface area (Å²) in [5.74, 6) is 2.82. The summed E-state index contributed by atoms with van der Waals surface area (Å²) in [5, 5.41) is 0. The van der Waals surface area contributed by atoms with Crippen LogP contribution in [0.2, 0.25) is 0 Å². The number of hydrogen-bond donors (Lipinski definition) is 0. The zero-order chi connectivity index (χ0) is 13.2. The van der Waals surface area contributed by atoms with Gasteiger partial charge in [0.1, 0.15) is 5.75 Å². The van der Waals surface area contributed by atoms with Crippen LogP contribution in [0.5, 0.6) is 17.2 Å². The third-order valence-corrected chi connectivity index (χ3v) is 3.41. The van der Waals surface area contributed by atoms with E-state index < -0.39 is 0 Å². The molecule has 0 atom stereocenters. The van der Waals surface area contributed by atoms with Crippen molar-refractivity contribution in [1.29, 1.82) is 0 Å². The first-order chi connectivity index (χ1) is 9.31. The zero-order valence-corrected chi connectivity index (χ0v) is 11.2. The molecule has 2 aromatic rings. The van der Waals surface area contributed by atoms with Crippen LogP contribution >= 0.6 is 11.6 Å². The van der Waals surface area contributed by atoms with Gasteiger partial charge in [-0.3, -0.25) is 0 Å². The second-order valence-electron chi connectivity index (χ2n) is 4.24. The second kappa shape index (κ2) is 5.02. The minimum Gasteiger partial charge on any atom is -0.496 e. The number of fused-ring (bicyclic) bond motifs is 1. The average molecular weight is 277 g/mol. The molecule has 0 radical (unpaired) electrons. The van der Waals surface area contributed by atoms with Gasteiger partial charge in [0.05, 0.1) is 7.11 Å². The molecule has 0 fully saturated rings. The highest BCUT2D eigenvalue weighted by Gasteiger charge is 2.15. The van der Waals surface area contributed by atoms with Crippen LogP contribution in [0.1, 0.15) is 5.56 Å². The Hall–Kier alpha value is -1.87. The Bertz CT molecular complexity index is 610. The molecule has 1 heterocycles. The SMILES string of the molecule is COc1ccc(CCl)cc1-c1ccc2c(c1)OCO2. The molecule has 4 heteroatoms. The van der Waals surface area contributed by atoms with E-state index in [1.54, 1.807) is 7.11 Å². The Balaban J connectivity index is 2.10. The van der Waals surface area contributed by atoms with Gasteiger partial charge in [0.2, 0.25) is 6.79 Å². The highest BCUT2D eigenvalue weighted by molar-refractivity contribution is 6.17. The highest BCUT2D eigenvalue weighted by Crippen LogP contribution is 2.39. The number of alkyl halides is 1. The van der Waals surface area contributed by atoms with Gasteiger partial charge in [0.25, 0.3) is 0 Å². The summed E-state index contributed by atoms with van der Waals surface area (Å²) in [7, 11) is 1.66. The van der Waals surface area contributed by atoms with Crippen molar-refractivity contribution >= 4 is 11.6 Å². The lowest BCUT2D eigenvalue weighted by Crippen LogP contribution is -1.93. The van der Waals surface area contributed by atoms with Crippen LogP contribution in [-0.2, 0) is 5.88 Å². The Morgan fingerprint density at radius 3 is 2.74 bits per heavy atom. The van der Waals surface area contributed by atoms with Crippen LogP contribution in [0.4, 0.5) is 0 Å². The van der Waals surface area contributed by atoms with E-state index in [-0.39, 0.29) is 6.79 Å². The fourth-order valence-corrected chi connectivity index (χ4v) is 2.29. The normalized spacial score (nSPS) is 12.5. The maximum Gasteiger partial charge on any atom is 0.231 e. The predicted octanol–water partition coefficient (Wildman–Crippen LogP) is 3.83. The molecule has 0 N–H and O–H groups in total. The molecule has 0 amide bonds. The molecule has 0 unspecified atom stereocenters. The van der Waals surface area contributed by atoms with Crippen LogP contribution in [0.25, 0.3) is 11.1 Å². The van der Waals surface area contributed by atoms with Crippen LogP contribution in [0.3, 0.4) is 0 Å². The summed E-state index contributed by atoms with van der Waals surface area (Å²) in [6.45, 7) is 0.275. The maximum atomic E-state index is 5.89. The molecule has 3 rings (SSSR count). The number of halogens is 1. The molecule has 19 heavy (non-hydrogen) atoms. The van der Waals surface area contributed by atoms with Crippen molar-refractivity contribution in [3.63, 3.8) is 0 Å². The largest absolute Gasteiger partial charge is 0.496 e. The number of benzene rings is 2. The van der Waals surface area contributed by atoms with E-state index >= 15 is 0 Å². The van der Waals surface area contributed by atoms with Crippen molar-refractivity contribution in [2.45, 2.75) is 5.88 Å².